The smallest absolute Gasteiger partial charge is 0.221 e. The minimum atomic E-state index is -0.0120. The van der Waals surface area contributed by atoms with Crippen molar-refractivity contribution in [2.45, 2.75) is 18.9 Å². The number of nitrogens with one attached hydrogen (secondary N) is 1. The molecule has 4 rings (SSSR count). The topological polar surface area (TPSA) is 46.2 Å². The predicted molar refractivity (Wildman–Crippen MR) is 125 cm³/mol. The van der Waals surface area contributed by atoms with E-state index in [-0.39, 0.29) is 17.6 Å². The number of thiophene rings is 1. The summed E-state index contributed by atoms with van der Waals surface area (Å²) in [6.07, 6.45) is 0.370. The maximum absolute atomic E-state index is 12.8. The Morgan fingerprint density at radius 3 is 1.84 bits per heavy atom. The summed E-state index contributed by atoms with van der Waals surface area (Å²) >= 11 is 1.43. The van der Waals surface area contributed by atoms with Gasteiger partial charge in [-0.05, 0) is 23.3 Å². The molecule has 0 aliphatic rings. The zero-order valence-electron chi connectivity index (χ0n) is 17.0. The highest BCUT2D eigenvalue weighted by atomic mass is 32.1. The minimum absolute atomic E-state index is 0.000884. The van der Waals surface area contributed by atoms with E-state index in [0.717, 1.165) is 16.0 Å². The summed E-state index contributed by atoms with van der Waals surface area (Å²) in [7, 11) is 0. The quantitative estimate of drug-likeness (QED) is 0.362. The van der Waals surface area contributed by atoms with Crippen molar-refractivity contribution in [3.63, 3.8) is 0 Å². The molecule has 154 valence electrons. The zero-order valence-corrected chi connectivity index (χ0v) is 17.8. The number of carbonyl (C=O) groups excluding carboxylic acids is 2. The highest BCUT2D eigenvalue weighted by Gasteiger charge is 2.18. The lowest BCUT2D eigenvalue weighted by Crippen LogP contribution is -2.24. The van der Waals surface area contributed by atoms with Gasteiger partial charge >= 0.3 is 0 Å². The van der Waals surface area contributed by atoms with Crippen LogP contribution in [0, 0.1) is 0 Å². The second-order valence-corrected chi connectivity index (χ2v) is 8.48. The number of hydrogen-bond acceptors (Lipinski definition) is 3. The van der Waals surface area contributed by atoms with Crippen molar-refractivity contribution >= 4 is 23.0 Å². The molecule has 1 aromatic heterocycles. The van der Waals surface area contributed by atoms with Gasteiger partial charge in [0, 0.05) is 22.8 Å². The van der Waals surface area contributed by atoms with Gasteiger partial charge in [-0.2, -0.15) is 0 Å². The lowest BCUT2D eigenvalue weighted by atomic mass is 9.88. The number of ketones is 1. The molecule has 0 radical (unpaired) electrons. The molecule has 0 aliphatic carbocycles. The van der Waals surface area contributed by atoms with Gasteiger partial charge in [0.15, 0.2) is 0 Å². The highest BCUT2D eigenvalue weighted by Crippen LogP contribution is 2.28. The van der Waals surface area contributed by atoms with Crippen LogP contribution in [0.1, 0.15) is 43.6 Å². The lowest BCUT2D eigenvalue weighted by Gasteiger charge is -2.17. The number of rotatable bonds is 8. The van der Waals surface area contributed by atoms with Crippen LogP contribution in [-0.4, -0.2) is 11.7 Å². The van der Waals surface area contributed by atoms with Crippen LogP contribution in [0.5, 0.6) is 0 Å². The molecule has 0 atom stereocenters. The zero-order chi connectivity index (χ0) is 21.5. The first-order valence-electron chi connectivity index (χ1n) is 10.3. The summed E-state index contributed by atoms with van der Waals surface area (Å²) in [6.45, 7) is 0.419. The second-order valence-electron chi connectivity index (χ2n) is 7.32. The molecule has 0 saturated heterocycles. The molecule has 0 spiro atoms. The molecular formula is C27H23NO2S. The van der Waals surface area contributed by atoms with Crippen LogP contribution >= 0.6 is 11.3 Å². The molecule has 1 N–H and O–H groups in total. The monoisotopic (exact) mass is 425 g/mol. The van der Waals surface area contributed by atoms with Gasteiger partial charge in [0.25, 0.3) is 0 Å². The van der Waals surface area contributed by atoms with Crippen molar-refractivity contribution in [3.05, 3.63) is 130 Å². The molecular weight excluding hydrogens is 402 g/mol. The van der Waals surface area contributed by atoms with Gasteiger partial charge in [-0.3, -0.25) is 9.59 Å². The van der Waals surface area contributed by atoms with E-state index in [1.165, 1.54) is 11.3 Å². The molecule has 4 heteroatoms. The average molecular weight is 426 g/mol. The summed E-state index contributed by atoms with van der Waals surface area (Å²) in [4.78, 5) is 27.0. The van der Waals surface area contributed by atoms with Gasteiger partial charge in [-0.1, -0.05) is 91.0 Å². The van der Waals surface area contributed by atoms with Gasteiger partial charge < -0.3 is 5.32 Å². The molecule has 1 heterocycles. The predicted octanol–water partition coefficient (Wildman–Crippen LogP) is 5.82. The molecule has 31 heavy (non-hydrogen) atoms. The lowest BCUT2D eigenvalue weighted by molar-refractivity contribution is -0.121. The van der Waals surface area contributed by atoms with Crippen LogP contribution in [0.15, 0.2) is 103 Å². The van der Waals surface area contributed by atoms with E-state index in [1.54, 1.807) is 0 Å². The number of carbonyl (C=O) groups is 2. The first kappa shape index (κ1) is 20.8. The normalized spacial score (nSPS) is 10.7. The van der Waals surface area contributed by atoms with Gasteiger partial charge in [-0.25, -0.2) is 0 Å². The van der Waals surface area contributed by atoms with E-state index in [4.69, 9.17) is 0 Å². The fourth-order valence-corrected chi connectivity index (χ4v) is 4.48. The van der Waals surface area contributed by atoms with Crippen molar-refractivity contribution in [2.75, 3.05) is 0 Å². The Morgan fingerprint density at radius 1 is 0.710 bits per heavy atom. The van der Waals surface area contributed by atoms with Crippen molar-refractivity contribution in [1.29, 1.82) is 0 Å². The molecule has 0 bridgehead atoms. The van der Waals surface area contributed by atoms with Crippen LogP contribution in [0.25, 0.3) is 0 Å². The minimum Gasteiger partial charge on any atom is -0.351 e. The van der Waals surface area contributed by atoms with E-state index in [9.17, 15) is 9.59 Å². The Hall–Kier alpha value is -3.50. The third kappa shape index (κ3) is 5.36. The van der Waals surface area contributed by atoms with E-state index in [1.807, 2.05) is 78.9 Å². The SMILES string of the molecule is O=C(CC(c1ccccc1)c1ccccc1)NCc1ccc(C(=O)c2ccccc2)s1. The maximum Gasteiger partial charge on any atom is 0.221 e. The largest absolute Gasteiger partial charge is 0.351 e. The standard InChI is InChI=1S/C27H23NO2S/c29-26(18-24(20-10-4-1-5-11-20)21-12-6-2-7-13-21)28-19-23-16-17-25(31-23)27(30)22-14-8-3-9-15-22/h1-17,24H,18-19H2,(H,28,29). The summed E-state index contributed by atoms with van der Waals surface area (Å²) in [5, 5.41) is 3.02. The van der Waals surface area contributed by atoms with Crippen LogP contribution in [-0.2, 0) is 11.3 Å². The van der Waals surface area contributed by atoms with Gasteiger partial charge in [0.1, 0.15) is 0 Å². The number of hydrogen-bond donors (Lipinski definition) is 1. The Labute approximate surface area is 186 Å². The summed E-state index contributed by atoms with van der Waals surface area (Å²) in [6, 6.07) is 33.2. The summed E-state index contributed by atoms with van der Waals surface area (Å²) < 4.78 is 0. The molecule has 0 fully saturated rings. The molecule has 0 unspecified atom stereocenters. The number of benzene rings is 3. The van der Waals surface area contributed by atoms with E-state index < -0.39 is 0 Å². The molecule has 1 amide bonds. The first-order chi connectivity index (χ1) is 15.2. The van der Waals surface area contributed by atoms with Crippen LogP contribution < -0.4 is 5.32 Å². The van der Waals surface area contributed by atoms with Gasteiger partial charge in [0.05, 0.1) is 11.4 Å². The van der Waals surface area contributed by atoms with Gasteiger partial charge in [-0.15, -0.1) is 11.3 Å². The van der Waals surface area contributed by atoms with E-state index >= 15 is 0 Å². The van der Waals surface area contributed by atoms with Crippen molar-refractivity contribution in [1.82, 2.24) is 5.32 Å². The Bertz CT molecular complexity index is 1100. The van der Waals surface area contributed by atoms with Crippen LogP contribution in [0.2, 0.25) is 0 Å². The maximum atomic E-state index is 12.8. The first-order valence-corrected chi connectivity index (χ1v) is 11.1. The Morgan fingerprint density at radius 2 is 1.26 bits per heavy atom. The second kappa shape index (κ2) is 10.0. The van der Waals surface area contributed by atoms with Crippen molar-refractivity contribution < 1.29 is 9.59 Å². The van der Waals surface area contributed by atoms with Crippen LogP contribution in [0.3, 0.4) is 0 Å². The Balaban J connectivity index is 1.40. The average Bonchev–Trinajstić information content (AvgIpc) is 3.31. The molecule has 3 aromatic carbocycles. The Kier molecular flexibility index (Phi) is 6.70. The van der Waals surface area contributed by atoms with Crippen molar-refractivity contribution in [2.24, 2.45) is 0 Å². The number of amides is 1. The van der Waals surface area contributed by atoms with E-state index in [2.05, 4.69) is 29.6 Å². The molecule has 0 saturated carbocycles. The molecule has 4 aromatic rings. The van der Waals surface area contributed by atoms with Crippen LogP contribution in [0.4, 0.5) is 0 Å². The van der Waals surface area contributed by atoms with E-state index in [0.29, 0.717) is 23.4 Å². The van der Waals surface area contributed by atoms with Crippen molar-refractivity contribution in [3.8, 4) is 0 Å². The third-order valence-corrected chi connectivity index (χ3v) is 6.26. The summed E-state index contributed by atoms with van der Waals surface area (Å²) in [5.74, 6) is -0.000562. The molecule has 0 aliphatic heterocycles. The third-order valence-electron chi connectivity index (χ3n) is 5.17. The fourth-order valence-electron chi connectivity index (χ4n) is 3.57. The highest BCUT2D eigenvalue weighted by molar-refractivity contribution is 7.14. The van der Waals surface area contributed by atoms with Gasteiger partial charge in [0.2, 0.25) is 11.7 Å². The fraction of sp³-hybridized carbons (Fsp3) is 0.111. The summed E-state index contributed by atoms with van der Waals surface area (Å²) in [5.41, 5.74) is 2.92. The molecule has 3 nitrogen and oxygen atoms in total.